The number of nitrogens with one attached hydrogen (secondary N) is 1. The number of carbonyl (C=O) groups excluding carboxylic acids is 1. The molecule has 7 heteroatoms. The van der Waals surface area contributed by atoms with Crippen LogP contribution < -0.4 is 5.32 Å². The molecule has 1 N–H and O–H groups in total. The van der Waals surface area contributed by atoms with Crippen molar-refractivity contribution >= 4 is 27.1 Å². The van der Waals surface area contributed by atoms with Crippen molar-refractivity contribution in [3.8, 4) is 0 Å². The zero-order valence-electron chi connectivity index (χ0n) is 12.9. The summed E-state index contributed by atoms with van der Waals surface area (Å²) in [6, 6.07) is 0. The molecule has 0 aliphatic rings. The molecule has 21 heavy (non-hydrogen) atoms. The molecule has 1 aromatic heterocycles. The molecule has 1 rings (SSSR count). The maximum Gasteiger partial charge on any atom is 0.221 e. The fraction of sp³-hybridized carbons (Fsp3) is 0.714. The van der Waals surface area contributed by atoms with Crippen LogP contribution >= 0.6 is 11.3 Å². The molecule has 0 aromatic carbocycles. The van der Waals surface area contributed by atoms with Gasteiger partial charge in [-0.3, -0.25) is 4.79 Å². The fourth-order valence-electron chi connectivity index (χ4n) is 1.91. The highest BCUT2D eigenvalue weighted by Crippen LogP contribution is 2.10. The summed E-state index contributed by atoms with van der Waals surface area (Å²) in [5.74, 6) is -0.0238. The van der Waals surface area contributed by atoms with Gasteiger partial charge in [0.05, 0.1) is 16.5 Å². The van der Waals surface area contributed by atoms with Crippen LogP contribution in [0.3, 0.4) is 0 Å². The number of rotatable bonds is 9. The molecule has 1 amide bonds. The normalized spacial score (nSPS) is 11.8. The number of thiazole rings is 1. The molecule has 0 atom stereocenters. The third-order valence-corrected chi connectivity index (χ3v) is 5.81. The zero-order chi connectivity index (χ0) is 15.9. The molecule has 0 aliphatic heterocycles. The van der Waals surface area contributed by atoms with E-state index in [9.17, 15) is 13.2 Å². The maximum atomic E-state index is 11.7. The zero-order valence-corrected chi connectivity index (χ0v) is 14.5. The Bertz CT molecular complexity index is 550. The standard InChI is InChI=1S/C14H24N2O3S2/c1-11(2)10-21(18,19)8-6-13(17)15-7-4-5-14-16-12(3)9-20-14/h9,11H,4-8,10H2,1-3H3,(H,15,17). The summed E-state index contributed by atoms with van der Waals surface area (Å²) in [7, 11) is -3.12. The predicted molar refractivity (Wildman–Crippen MR) is 86.3 cm³/mol. The smallest absolute Gasteiger partial charge is 0.221 e. The molecular weight excluding hydrogens is 308 g/mol. The third kappa shape index (κ3) is 8.16. The number of carbonyl (C=O) groups is 1. The second-order valence-corrected chi connectivity index (χ2v) is 8.77. The second kappa shape index (κ2) is 8.48. The van der Waals surface area contributed by atoms with Crippen LogP contribution in [-0.2, 0) is 21.1 Å². The lowest BCUT2D eigenvalue weighted by molar-refractivity contribution is -0.120. The van der Waals surface area contributed by atoms with Crippen molar-refractivity contribution in [1.29, 1.82) is 0 Å². The lowest BCUT2D eigenvalue weighted by Gasteiger charge is -2.07. The van der Waals surface area contributed by atoms with Gasteiger partial charge in [-0.15, -0.1) is 11.3 Å². The second-order valence-electron chi connectivity index (χ2n) is 5.59. The van der Waals surface area contributed by atoms with Gasteiger partial charge in [-0.25, -0.2) is 13.4 Å². The van der Waals surface area contributed by atoms with Crippen LogP contribution in [0.5, 0.6) is 0 Å². The van der Waals surface area contributed by atoms with E-state index in [1.165, 1.54) is 0 Å². The Hall–Kier alpha value is -0.950. The van der Waals surface area contributed by atoms with E-state index in [1.807, 2.05) is 26.2 Å². The number of sulfone groups is 1. The average molecular weight is 332 g/mol. The molecule has 0 aliphatic carbocycles. The minimum Gasteiger partial charge on any atom is -0.356 e. The van der Waals surface area contributed by atoms with Crippen LogP contribution in [0.25, 0.3) is 0 Å². The Morgan fingerprint density at radius 1 is 1.43 bits per heavy atom. The first-order chi connectivity index (χ1) is 9.78. The highest BCUT2D eigenvalue weighted by Gasteiger charge is 2.15. The lowest BCUT2D eigenvalue weighted by Crippen LogP contribution is -2.27. The van der Waals surface area contributed by atoms with Crippen molar-refractivity contribution < 1.29 is 13.2 Å². The first-order valence-corrected chi connectivity index (χ1v) is 9.87. The number of hydrogen-bond donors (Lipinski definition) is 1. The molecular formula is C14H24N2O3S2. The van der Waals surface area contributed by atoms with Gasteiger partial charge in [0.1, 0.15) is 0 Å². The molecule has 0 saturated heterocycles. The summed E-state index contributed by atoms with van der Waals surface area (Å²) < 4.78 is 23.4. The number of amides is 1. The van der Waals surface area contributed by atoms with Crippen molar-refractivity contribution in [2.75, 3.05) is 18.1 Å². The molecule has 0 unspecified atom stereocenters. The number of aromatic nitrogens is 1. The molecule has 5 nitrogen and oxygen atoms in total. The quantitative estimate of drug-likeness (QED) is 0.701. The van der Waals surface area contributed by atoms with E-state index < -0.39 is 9.84 Å². The monoisotopic (exact) mass is 332 g/mol. The Morgan fingerprint density at radius 3 is 2.71 bits per heavy atom. The highest BCUT2D eigenvalue weighted by atomic mass is 32.2. The number of hydrogen-bond acceptors (Lipinski definition) is 5. The van der Waals surface area contributed by atoms with Crippen LogP contribution in [0.4, 0.5) is 0 Å². The summed E-state index contributed by atoms with van der Waals surface area (Å²) in [5.41, 5.74) is 1.02. The van der Waals surface area contributed by atoms with E-state index >= 15 is 0 Å². The Balaban J connectivity index is 2.17. The van der Waals surface area contributed by atoms with E-state index in [0.717, 1.165) is 23.5 Å². The van der Waals surface area contributed by atoms with E-state index in [0.29, 0.717) is 6.54 Å². The van der Waals surface area contributed by atoms with Gasteiger partial charge in [0.15, 0.2) is 9.84 Å². The highest BCUT2D eigenvalue weighted by molar-refractivity contribution is 7.91. The van der Waals surface area contributed by atoms with Gasteiger partial charge in [-0.1, -0.05) is 13.8 Å². The molecule has 0 spiro atoms. The largest absolute Gasteiger partial charge is 0.356 e. The molecule has 0 radical (unpaired) electrons. The fourth-order valence-corrected chi connectivity index (χ4v) is 4.41. The predicted octanol–water partition coefficient (Wildman–Crippen LogP) is 1.96. The minimum absolute atomic E-state index is 0.0470. The molecule has 1 aromatic rings. The lowest BCUT2D eigenvalue weighted by atomic mass is 10.3. The van der Waals surface area contributed by atoms with Crippen LogP contribution in [-0.4, -0.2) is 37.4 Å². The molecule has 0 saturated carbocycles. The van der Waals surface area contributed by atoms with Crippen molar-refractivity contribution in [1.82, 2.24) is 10.3 Å². The SMILES string of the molecule is Cc1csc(CCCNC(=O)CCS(=O)(=O)CC(C)C)n1. The molecule has 120 valence electrons. The van der Waals surface area contributed by atoms with Crippen molar-refractivity contribution in [3.05, 3.63) is 16.1 Å². The summed E-state index contributed by atoms with van der Waals surface area (Å²) in [6.07, 6.45) is 1.70. The Labute approximate surface area is 131 Å². The molecule has 0 bridgehead atoms. The van der Waals surface area contributed by atoms with E-state index in [4.69, 9.17) is 0 Å². The summed E-state index contributed by atoms with van der Waals surface area (Å²) in [6.45, 7) is 6.23. The van der Waals surface area contributed by atoms with E-state index in [1.54, 1.807) is 11.3 Å². The minimum atomic E-state index is -3.12. The first kappa shape index (κ1) is 18.1. The van der Waals surface area contributed by atoms with Crippen molar-refractivity contribution in [2.45, 2.75) is 40.0 Å². The van der Waals surface area contributed by atoms with E-state index in [-0.39, 0.29) is 29.8 Å². The summed E-state index contributed by atoms with van der Waals surface area (Å²) in [4.78, 5) is 16.0. The van der Waals surface area contributed by atoms with Crippen LogP contribution in [0.2, 0.25) is 0 Å². The van der Waals surface area contributed by atoms with Crippen LogP contribution in [0, 0.1) is 12.8 Å². The van der Waals surface area contributed by atoms with Gasteiger partial charge in [0, 0.05) is 30.5 Å². The Morgan fingerprint density at radius 2 is 2.14 bits per heavy atom. The van der Waals surface area contributed by atoms with Gasteiger partial charge < -0.3 is 5.32 Å². The third-order valence-electron chi connectivity index (χ3n) is 2.78. The summed E-state index contributed by atoms with van der Waals surface area (Å²) >= 11 is 1.62. The van der Waals surface area contributed by atoms with Gasteiger partial charge in [0.2, 0.25) is 5.91 Å². The first-order valence-electron chi connectivity index (χ1n) is 7.16. The van der Waals surface area contributed by atoms with Crippen LogP contribution in [0.1, 0.15) is 37.4 Å². The van der Waals surface area contributed by atoms with Gasteiger partial charge in [-0.05, 0) is 19.3 Å². The van der Waals surface area contributed by atoms with Gasteiger partial charge in [-0.2, -0.15) is 0 Å². The molecule has 0 fully saturated rings. The summed E-state index contributed by atoms with van der Waals surface area (Å²) in [5, 5.41) is 5.84. The topological polar surface area (TPSA) is 76.1 Å². The van der Waals surface area contributed by atoms with Crippen LogP contribution in [0.15, 0.2) is 5.38 Å². The number of aryl methyl sites for hydroxylation is 2. The van der Waals surface area contributed by atoms with Gasteiger partial charge >= 0.3 is 0 Å². The van der Waals surface area contributed by atoms with Crippen molar-refractivity contribution in [3.63, 3.8) is 0 Å². The maximum absolute atomic E-state index is 11.7. The molecule has 1 heterocycles. The average Bonchev–Trinajstić information content (AvgIpc) is 2.77. The van der Waals surface area contributed by atoms with Gasteiger partial charge in [0.25, 0.3) is 0 Å². The Kier molecular flexibility index (Phi) is 7.31. The number of nitrogens with zero attached hydrogens (tertiary/aromatic N) is 1. The van der Waals surface area contributed by atoms with Crippen molar-refractivity contribution in [2.24, 2.45) is 5.92 Å². The van der Waals surface area contributed by atoms with E-state index in [2.05, 4.69) is 10.3 Å².